The molecular weight excluding hydrogens is 200 g/mol. The molecule has 0 spiro atoms. The molecule has 1 aromatic heterocycles. The van der Waals surface area contributed by atoms with Gasteiger partial charge in [-0.3, -0.25) is 4.98 Å². The average Bonchev–Trinajstić information content (AvgIpc) is 3.15. The van der Waals surface area contributed by atoms with Gasteiger partial charge in [-0.1, -0.05) is 0 Å². The van der Waals surface area contributed by atoms with Crippen molar-refractivity contribution in [2.24, 2.45) is 11.8 Å². The number of nitrogens with one attached hydrogen (secondary N) is 1. The first kappa shape index (κ1) is 10.1. The number of nitrogens with zero attached hydrogens (tertiary/aromatic N) is 1. The molecule has 0 radical (unpaired) electrons. The van der Waals surface area contributed by atoms with Crippen LogP contribution in [0.25, 0.3) is 0 Å². The summed E-state index contributed by atoms with van der Waals surface area (Å²) in [6.45, 7) is 0.831. The Kier molecular flexibility index (Phi) is 2.56. The second kappa shape index (κ2) is 4.06. The number of rotatable bonds is 5. The highest BCUT2D eigenvalue weighted by molar-refractivity contribution is 5.18. The first-order valence-electron chi connectivity index (χ1n) is 6.20. The second-order valence-electron chi connectivity index (χ2n) is 5.09. The molecule has 0 amide bonds. The minimum Gasteiger partial charge on any atom is -0.506 e. The van der Waals surface area contributed by atoms with Gasteiger partial charge >= 0.3 is 0 Å². The number of hydrogen-bond acceptors (Lipinski definition) is 3. The molecule has 16 heavy (non-hydrogen) atoms. The fourth-order valence-electron chi connectivity index (χ4n) is 2.37. The Labute approximate surface area is 95.9 Å². The van der Waals surface area contributed by atoms with Crippen molar-refractivity contribution < 1.29 is 5.11 Å². The molecule has 0 saturated heterocycles. The SMILES string of the molecule is Oc1ccc(CNC(C2CC2)C2CC2)nc1. The summed E-state index contributed by atoms with van der Waals surface area (Å²) >= 11 is 0. The van der Waals surface area contributed by atoms with Crippen molar-refractivity contribution in [3.8, 4) is 5.75 Å². The van der Waals surface area contributed by atoms with Crippen LogP contribution in [0.3, 0.4) is 0 Å². The zero-order valence-corrected chi connectivity index (χ0v) is 9.39. The van der Waals surface area contributed by atoms with Crippen molar-refractivity contribution in [2.75, 3.05) is 0 Å². The van der Waals surface area contributed by atoms with Gasteiger partial charge in [0.2, 0.25) is 0 Å². The van der Waals surface area contributed by atoms with Crippen molar-refractivity contribution in [1.29, 1.82) is 0 Å². The zero-order valence-electron chi connectivity index (χ0n) is 9.39. The molecule has 2 aliphatic rings. The second-order valence-corrected chi connectivity index (χ2v) is 5.09. The van der Waals surface area contributed by atoms with Gasteiger partial charge in [0.1, 0.15) is 5.75 Å². The zero-order chi connectivity index (χ0) is 11.0. The topological polar surface area (TPSA) is 45.1 Å². The van der Waals surface area contributed by atoms with Crippen molar-refractivity contribution >= 4 is 0 Å². The van der Waals surface area contributed by atoms with Crippen LogP contribution >= 0.6 is 0 Å². The van der Waals surface area contributed by atoms with Crippen LogP contribution < -0.4 is 5.32 Å². The van der Waals surface area contributed by atoms with E-state index in [0.29, 0.717) is 0 Å². The molecule has 1 heterocycles. The van der Waals surface area contributed by atoms with E-state index in [4.69, 9.17) is 5.11 Å². The third-order valence-electron chi connectivity index (χ3n) is 3.59. The van der Waals surface area contributed by atoms with Gasteiger partial charge in [0.15, 0.2) is 0 Å². The first-order chi connectivity index (χ1) is 7.83. The minimum atomic E-state index is 0.240. The van der Waals surface area contributed by atoms with Crippen molar-refractivity contribution in [3.05, 3.63) is 24.0 Å². The molecule has 2 aliphatic carbocycles. The van der Waals surface area contributed by atoms with Gasteiger partial charge in [0, 0.05) is 12.6 Å². The van der Waals surface area contributed by atoms with Crippen LogP contribution in [0.15, 0.2) is 18.3 Å². The van der Waals surface area contributed by atoms with Gasteiger partial charge < -0.3 is 10.4 Å². The lowest BCUT2D eigenvalue weighted by molar-refractivity contribution is 0.412. The normalized spacial score (nSPS) is 20.3. The van der Waals surface area contributed by atoms with Crippen LogP contribution in [-0.4, -0.2) is 16.1 Å². The summed E-state index contributed by atoms with van der Waals surface area (Å²) in [7, 11) is 0. The van der Waals surface area contributed by atoms with Crippen molar-refractivity contribution in [3.63, 3.8) is 0 Å². The average molecular weight is 218 g/mol. The maximum atomic E-state index is 9.15. The van der Waals surface area contributed by atoms with Gasteiger partial charge in [-0.25, -0.2) is 0 Å². The number of pyridine rings is 1. The molecule has 3 heteroatoms. The van der Waals surface area contributed by atoms with Crippen LogP contribution in [0.2, 0.25) is 0 Å². The van der Waals surface area contributed by atoms with Crippen molar-refractivity contribution in [1.82, 2.24) is 10.3 Å². The molecule has 3 nitrogen and oxygen atoms in total. The van der Waals surface area contributed by atoms with Crippen LogP contribution in [0.1, 0.15) is 31.4 Å². The summed E-state index contributed by atoms with van der Waals surface area (Å²) in [4.78, 5) is 4.20. The monoisotopic (exact) mass is 218 g/mol. The van der Waals surface area contributed by atoms with E-state index in [-0.39, 0.29) is 5.75 Å². The Morgan fingerprint density at radius 1 is 1.25 bits per heavy atom. The molecule has 1 aromatic rings. The molecule has 2 saturated carbocycles. The molecule has 86 valence electrons. The Hall–Kier alpha value is -1.09. The molecular formula is C13H18N2O. The highest BCUT2D eigenvalue weighted by atomic mass is 16.3. The Morgan fingerprint density at radius 3 is 2.44 bits per heavy atom. The highest BCUT2D eigenvalue weighted by Gasteiger charge is 2.40. The quantitative estimate of drug-likeness (QED) is 0.795. The lowest BCUT2D eigenvalue weighted by Gasteiger charge is -2.17. The maximum absolute atomic E-state index is 9.15. The van der Waals surface area contributed by atoms with Gasteiger partial charge in [0.05, 0.1) is 11.9 Å². The molecule has 0 unspecified atom stereocenters. The Bertz CT molecular complexity index is 343. The van der Waals surface area contributed by atoms with Gasteiger partial charge in [-0.15, -0.1) is 0 Å². The smallest absolute Gasteiger partial charge is 0.133 e. The number of aromatic nitrogens is 1. The summed E-state index contributed by atoms with van der Waals surface area (Å²) in [6, 6.07) is 4.31. The molecule has 0 aliphatic heterocycles. The third kappa shape index (κ3) is 2.35. The summed E-state index contributed by atoms with van der Waals surface area (Å²) < 4.78 is 0. The van der Waals surface area contributed by atoms with Crippen LogP contribution in [0.5, 0.6) is 5.75 Å². The molecule has 2 fully saturated rings. The molecule has 0 bridgehead atoms. The van der Waals surface area contributed by atoms with E-state index >= 15 is 0 Å². The van der Waals surface area contributed by atoms with E-state index in [2.05, 4.69) is 10.3 Å². The molecule has 0 aromatic carbocycles. The summed E-state index contributed by atoms with van der Waals surface area (Å²) in [5, 5.41) is 12.8. The summed E-state index contributed by atoms with van der Waals surface area (Å²) in [6.07, 6.45) is 7.11. The fraction of sp³-hybridized carbons (Fsp3) is 0.615. The predicted octanol–water partition coefficient (Wildman–Crippen LogP) is 2.07. The Morgan fingerprint density at radius 2 is 1.94 bits per heavy atom. The molecule has 2 N–H and O–H groups in total. The third-order valence-corrected chi connectivity index (χ3v) is 3.59. The lowest BCUT2D eigenvalue weighted by Crippen LogP contribution is -2.32. The van der Waals surface area contributed by atoms with E-state index in [1.165, 1.54) is 31.9 Å². The summed E-state index contributed by atoms with van der Waals surface area (Å²) in [5.41, 5.74) is 1.02. The largest absolute Gasteiger partial charge is 0.506 e. The van der Waals surface area contributed by atoms with Crippen molar-refractivity contribution in [2.45, 2.75) is 38.3 Å². The van der Waals surface area contributed by atoms with Gasteiger partial charge in [-0.2, -0.15) is 0 Å². The van der Waals surface area contributed by atoms with Gasteiger partial charge in [0.25, 0.3) is 0 Å². The van der Waals surface area contributed by atoms with E-state index in [9.17, 15) is 0 Å². The minimum absolute atomic E-state index is 0.240. The van der Waals surface area contributed by atoms with Crippen LogP contribution in [0.4, 0.5) is 0 Å². The first-order valence-corrected chi connectivity index (χ1v) is 6.20. The van der Waals surface area contributed by atoms with E-state index in [1.54, 1.807) is 6.07 Å². The number of hydrogen-bond donors (Lipinski definition) is 2. The molecule has 0 atom stereocenters. The fourth-order valence-corrected chi connectivity index (χ4v) is 2.37. The van der Waals surface area contributed by atoms with E-state index in [1.807, 2.05) is 6.07 Å². The lowest BCUT2D eigenvalue weighted by atomic mass is 10.1. The highest BCUT2D eigenvalue weighted by Crippen LogP contribution is 2.44. The van der Waals surface area contributed by atoms with Crippen LogP contribution in [0, 0.1) is 11.8 Å². The van der Waals surface area contributed by atoms with Crippen LogP contribution in [-0.2, 0) is 6.54 Å². The summed E-state index contributed by atoms with van der Waals surface area (Å²) in [5.74, 6) is 2.08. The number of aromatic hydroxyl groups is 1. The predicted molar refractivity (Wildman–Crippen MR) is 62.0 cm³/mol. The maximum Gasteiger partial charge on any atom is 0.133 e. The van der Waals surface area contributed by atoms with E-state index < -0.39 is 0 Å². The van der Waals surface area contributed by atoms with Gasteiger partial charge in [-0.05, 0) is 49.7 Å². The molecule has 3 rings (SSSR count). The standard InChI is InChI=1S/C13H18N2O/c16-12-6-5-11(14-8-12)7-15-13(9-1-2-9)10-3-4-10/h5-6,8-10,13,15-16H,1-4,7H2. The van der Waals surface area contributed by atoms with E-state index in [0.717, 1.165) is 30.1 Å². The Balaban J connectivity index is 1.56.